The Labute approximate surface area is 214 Å². The van der Waals surface area contributed by atoms with Crippen LogP contribution in [0.1, 0.15) is 21.6 Å². The number of morpholine rings is 1. The number of ether oxygens (including phenoxy) is 2. The van der Waals surface area contributed by atoms with Gasteiger partial charge in [0.15, 0.2) is 11.5 Å². The van der Waals surface area contributed by atoms with Crippen molar-refractivity contribution in [1.29, 1.82) is 0 Å². The van der Waals surface area contributed by atoms with Gasteiger partial charge in [0.05, 0.1) is 23.8 Å². The SMILES string of the molecule is NC(=O)c1noc(-c2ccc(OCc3ccccc3)c(Cl)c2)c1-c1ccc(CN2CCOCC2)cc1. The largest absolute Gasteiger partial charge is 0.487 e. The molecule has 36 heavy (non-hydrogen) atoms. The van der Waals surface area contributed by atoms with E-state index in [4.69, 9.17) is 31.3 Å². The Morgan fingerprint density at radius 3 is 2.39 bits per heavy atom. The number of carbonyl (C=O) groups is 1. The number of halogens is 1. The molecule has 1 aliphatic heterocycles. The Morgan fingerprint density at radius 2 is 1.69 bits per heavy atom. The molecular formula is C28H26ClN3O4. The van der Waals surface area contributed by atoms with Gasteiger partial charge in [-0.05, 0) is 34.9 Å². The summed E-state index contributed by atoms with van der Waals surface area (Å²) in [7, 11) is 0. The lowest BCUT2D eigenvalue weighted by molar-refractivity contribution is 0.0342. The average Bonchev–Trinajstić information content (AvgIpc) is 3.35. The monoisotopic (exact) mass is 503 g/mol. The predicted molar refractivity (Wildman–Crippen MR) is 138 cm³/mol. The van der Waals surface area contributed by atoms with Crippen molar-refractivity contribution in [3.63, 3.8) is 0 Å². The van der Waals surface area contributed by atoms with E-state index in [1.54, 1.807) is 12.1 Å². The molecule has 0 atom stereocenters. The molecule has 5 rings (SSSR count). The molecule has 0 bridgehead atoms. The zero-order valence-corrected chi connectivity index (χ0v) is 20.4. The predicted octanol–water partition coefficient (Wildman–Crippen LogP) is 5.17. The van der Waals surface area contributed by atoms with Gasteiger partial charge in [-0.25, -0.2) is 0 Å². The molecule has 4 aromatic rings. The molecule has 0 unspecified atom stereocenters. The van der Waals surface area contributed by atoms with Crippen LogP contribution in [0, 0.1) is 0 Å². The van der Waals surface area contributed by atoms with Gasteiger partial charge in [0.2, 0.25) is 0 Å². The molecule has 0 spiro atoms. The molecule has 1 fully saturated rings. The van der Waals surface area contributed by atoms with Crippen LogP contribution >= 0.6 is 11.6 Å². The molecule has 0 aliphatic carbocycles. The number of hydrogen-bond acceptors (Lipinski definition) is 6. The summed E-state index contributed by atoms with van der Waals surface area (Å²) < 4.78 is 16.9. The van der Waals surface area contributed by atoms with E-state index in [1.165, 1.54) is 5.56 Å². The van der Waals surface area contributed by atoms with Gasteiger partial charge >= 0.3 is 0 Å². The number of hydrogen-bond donors (Lipinski definition) is 1. The van der Waals surface area contributed by atoms with E-state index in [9.17, 15) is 4.79 Å². The van der Waals surface area contributed by atoms with Crippen LogP contribution in [-0.2, 0) is 17.9 Å². The van der Waals surface area contributed by atoms with E-state index in [0.29, 0.717) is 34.3 Å². The molecule has 1 amide bonds. The highest BCUT2D eigenvalue weighted by Gasteiger charge is 2.23. The molecule has 1 aromatic heterocycles. The summed E-state index contributed by atoms with van der Waals surface area (Å²) >= 11 is 6.53. The van der Waals surface area contributed by atoms with Gasteiger partial charge in [-0.15, -0.1) is 0 Å². The summed E-state index contributed by atoms with van der Waals surface area (Å²) in [4.78, 5) is 14.5. The average molecular weight is 504 g/mol. The summed E-state index contributed by atoms with van der Waals surface area (Å²) in [5.41, 5.74) is 9.89. The fourth-order valence-electron chi connectivity index (χ4n) is 4.21. The summed E-state index contributed by atoms with van der Waals surface area (Å²) in [6.45, 7) is 4.56. The minimum Gasteiger partial charge on any atom is -0.487 e. The third-order valence-corrected chi connectivity index (χ3v) is 6.40. The highest BCUT2D eigenvalue weighted by Crippen LogP contribution is 2.38. The van der Waals surface area contributed by atoms with Crippen LogP contribution < -0.4 is 10.5 Å². The van der Waals surface area contributed by atoms with Crippen LogP contribution in [-0.4, -0.2) is 42.3 Å². The molecule has 1 aliphatic rings. The lowest BCUT2D eigenvalue weighted by Crippen LogP contribution is -2.35. The Kier molecular flexibility index (Phi) is 7.32. The van der Waals surface area contributed by atoms with Crippen LogP contribution in [0.15, 0.2) is 77.3 Å². The van der Waals surface area contributed by atoms with Crippen LogP contribution in [0.2, 0.25) is 5.02 Å². The summed E-state index contributed by atoms with van der Waals surface area (Å²) in [6, 6.07) is 23.2. The third kappa shape index (κ3) is 5.44. The number of nitrogens with zero attached hydrogens (tertiary/aromatic N) is 2. The fourth-order valence-corrected chi connectivity index (χ4v) is 4.45. The number of carbonyl (C=O) groups excluding carboxylic acids is 1. The van der Waals surface area contributed by atoms with Crippen molar-refractivity contribution >= 4 is 17.5 Å². The Hall–Kier alpha value is -3.65. The highest BCUT2D eigenvalue weighted by molar-refractivity contribution is 6.32. The first-order valence-electron chi connectivity index (χ1n) is 11.7. The summed E-state index contributed by atoms with van der Waals surface area (Å²) in [5, 5.41) is 4.39. The molecule has 0 saturated carbocycles. The quantitative estimate of drug-likeness (QED) is 0.356. The maximum absolute atomic E-state index is 12.1. The van der Waals surface area contributed by atoms with Crippen molar-refractivity contribution < 1.29 is 18.8 Å². The summed E-state index contributed by atoms with van der Waals surface area (Å²) in [5.74, 6) is 0.306. The minimum absolute atomic E-state index is 0.0754. The molecule has 2 heterocycles. The van der Waals surface area contributed by atoms with E-state index < -0.39 is 5.91 Å². The standard InChI is InChI=1S/C28H26ClN3O4/c29-23-16-22(10-11-24(23)35-18-20-4-2-1-3-5-20)27-25(26(28(30)33)31-36-27)21-8-6-19(7-9-21)17-32-12-14-34-15-13-32/h1-11,16H,12-15,17-18H2,(H2,30,33). The van der Waals surface area contributed by atoms with Gasteiger partial charge in [-0.1, -0.05) is 71.4 Å². The Balaban J connectivity index is 1.40. The second-order valence-electron chi connectivity index (χ2n) is 8.60. The van der Waals surface area contributed by atoms with E-state index in [-0.39, 0.29) is 5.69 Å². The van der Waals surface area contributed by atoms with Gasteiger partial charge in [0, 0.05) is 25.2 Å². The first-order valence-corrected chi connectivity index (χ1v) is 12.1. The molecule has 3 aromatic carbocycles. The molecule has 1 saturated heterocycles. The number of benzene rings is 3. The number of nitrogens with two attached hydrogens (primary N) is 1. The van der Waals surface area contributed by atoms with Crippen molar-refractivity contribution in [3.05, 3.63) is 94.6 Å². The van der Waals surface area contributed by atoms with Crippen LogP contribution in [0.3, 0.4) is 0 Å². The first-order chi connectivity index (χ1) is 17.6. The van der Waals surface area contributed by atoms with Crippen molar-refractivity contribution in [1.82, 2.24) is 10.1 Å². The molecule has 8 heteroatoms. The van der Waals surface area contributed by atoms with Gasteiger partial charge in [-0.2, -0.15) is 0 Å². The molecule has 184 valence electrons. The van der Waals surface area contributed by atoms with E-state index >= 15 is 0 Å². The smallest absolute Gasteiger partial charge is 0.271 e. The van der Waals surface area contributed by atoms with Crippen molar-refractivity contribution in [2.75, 3.05) is 26.3 Å². The molecule has 2 N–H and O–H groups in total. The van der Waals surface area contributed by atoms with E-state index in [0.717, 1.165) is 44.0 Å². The van der Waals surface area contributed by atoms with Gasteiger partial charge < -0.3 is 19.7 Å². The number of amides is 1. The van der Waals surface area contributed by atoms with Crippen LogP contribution in [0.5, 0.6) is 5.75 Å². The van der Waals surface area contributed by atoms with Crippen molar-refractivity contribution in [2.24, 2.45) is 5.73 Å². The second kappa shape index (κ2) is 11.0. The Bertz CT molecular complexity index is 1330. The van der Waals surface area contributed by atoms with Gasteiger partial charge in [-0.3, -0.25) is 9.69 Å². The zero-order valence-electron chi connectivity index (χ0n) is 19.7. The third-order valence-electron chi connectivity index (χ3n) is 6.11. The minimum atomic E-state index is -0.661. The lowest BCUT2D eigenvalue weighted by atomic mass is 9.98. The molecular weight excluding hydrogens is 478 g/mol. The lowest BCUT2D eigenvalue weighted by Gasteiger charge is -2.26. The first kappa shape index (κ1) is 24.1. The molecule has 7 nitrogen and oxygen atoms in total. The van der Waals surface area contributed by atoms with Crippen molar-refractivity contribution in [2.45, 2.75) is 13.2 Å². The second-order valence-corrected chi connectivity index (χ2v) is 9.01. The maximum Gasteiger partial charge on any atom is 0.271 e. The van der Waals surface area contributed by atoms with Gasteiger partial charge in [0.25, 0.3) is 5.91 Å². The van der Waals surface area contributed by atoms with E-state index in [2.05, 4.69) is 10.1 Å². The van der Waals surface area contributed by atoms with Crippen LogP contribution in [0.4, 0.5) is 0 Å². The maximum atomic E-state index is 12.1. The Morgan fingerprint density at radius 1 is 0.972 bits per heavy atom. The van der Waals surface area contributed by atoms with Gasteiger partial charge in [0.1, 0.15) is 12.4 Å². The number of rotatable bonds is 8. The molecule has 0 radical (unpaired) electrons. The fraction of sp³-hybridized carbons (Fsp3) is 0.214. The van der Waals surface area contributed by atoms with Crippen molar-refractivity contribution in [3.8, 4) is 28.2 Å². The highest BCUT2D eigenvalue weighted by atomic mass is 35.5. The van der Waals surface area contributed by atoms with Crippen LogP contribution in [0.25, 0.3) is 22.5 Å². The summed E-state index contributed by atoms with van der Waals surface area (Å²) in [6.07, 6.45) is 0. The van der Waals surface area contributed by atoms with E-state index in [1.807, 2.05) is 60.7 Å². The topological polar surface area (TPSA) is 90.8 Å². The number of aromatic nitrogens is 1. The zero-order chi connectivity index (χ0) is 24.9. The number of primary amides is 1. The normalized spacial score (nSPS) is 14.0.